The van der Waals surface area contributed by atoms with Gasteiger partial charge in [0.25, 0.3) is 0 Å². The summed E-state index contributed by atoms with van der Waals surface area (Å²) in [5, 5.41) is 11.9. The van der Waals surface area contributed by atoms with E-state index in [9.17, 15) is 4.79 Å². The first kappa shape index (κ1) is 12.1. The molecule has 1 N–H and O–H groups in total. The van der Waals surface area contributed by atoms with Crippen molar-refractivity contribution < 1.29 is 4.79 Å². The number of halogens is 1. The summed E-state index contributed by atoms with van der Waals surface area (Å²) in [5.74, 6) is 0.377. The Morgan fingerprint density at radius 1 is 1.41 bits per heavy atom. The number of nitrogens with one attached hydrogen (secondary N) is 1. The maximum Gasteiger partial charge on any atom is 0.236 e. The molecule has 1 saturated heterocycles. The van der Waals surface area contributed by atoms with Gasteiger partial charge in [-0.2, -0.15) is 5.10 Å². The van der Waals surface area contributed by atoms with Crippen LogP contribution in [0.4, 0.5) is 0 Å². The summed E-state index contributed by atoms with van der Waals surface area (Å²) >= 11 is 7.15. The third-order valence-corrected chi connectivity index (χ3v) is 3.25. The van der Waals surface area contributed by atoms with Gasteiger partial charge >= 0.3 is 0 Å². The maximum atomic E-state index is 10.9. The topological polar surface area (TPSA) is 53.8 Å². The number of rotatable bonds is 2. The van der Waals surface area contributed by atoms with E-state index in [2.05, 4.69) is 15.5 Å². The summed E-state index contributed by atoms with van der Waals surface area (Å²) in [6.45, 7) is 1.86. The Morgan fingerprint density at radius 3 is 2.71 bits per heavy atom. The highest BCUT2D eigenvalue weighted by atomic mass is 35.5. The van der Waals surface area contributed by atoms with Crippen molar-refractivity contribution in [2.45, 2.75) is 6.92 Å². The first-order valence-corrected chi connectivity index (χ1v) is 6.32. The van der Waals surface area contributed by atoms with Crippen molar-refractivity contribution in [1.29, 1.82) is 0 Å². The zero-order chi connectivity index (χ0) is 12.3. The predicted octanol–water partition coefficient (Wildman–Crippen LogP) is 2.28. The van der Waals surface area contributed by atoms with E-state index >= 15 is 0 Å². The molecular formula is C11H10ClN3OS. The molecule has 1 aromatic rings. The molecule has 1 amide bonds. The molecule has 1 fully saturated rings. The summed E-state index contributed by atoms with van der Waals surface area (Å²) < 4.78 is 0. The predicted molar refractivity (Wildman–Crippen MR) is 71.7 cm³/mol. The van der Waals surface area contributed by atoms with E-state index in [0.29, 0.717) is 15.9 Å². The first-order valence-electron chi connectivity index (χ1n) is 4.96. The van der Waals surface area contributed by atoms with Gasteiger partial charge in [-0.05, 0) is 24.6 Å². The third-order valence-electron chi connectivity index (χ3n) is 2.14. The van der Waals surface area contributed by atoms with Gasteiger partial charge < -0.3 is 5.32 Å². The zero-order valence-electron chi connectivity index (χ0n) is 9.11. The van der Waals surface area contributed by atoms with E-state index in [1.165, 1.54) is 11.8 Å². The first-order chi connectivity index (χ1) is 8.15. The fraction of sp³-hybridized carbons (Fsp3) is 0.182. The number of benzene rings is 1. The monoisotopic (exact) mass is 267 g/mol. The van der Waals surface area contributed by atoms with Crippen LogP contribution in [-0.2, 0) is 4.79 Å². The third kappa shape index (κ3) is 3.31. The minimum absolute atomic E-state index is 0.0342. The van der Waals surface area contributed by atoms with Crippen molar-refractivity contribution in [3.63, 3.8) is 0 Å². The fourth-order valence-electron chi connectivity index (χ4n) is 1.25. The molecule has 0 spiro atoms. The van der Waals surface area contributed by atoms with E-state index in [1.807, 2.05) is 19.1 Å². The molecule has 0 unspecified atom stereocenters. The SMILES string of the molecule is C/C(=N\N=C1/NC(=O)CS1)c1ccc(Cl)cc1. The van der Waals surface area contributed by atoms with E-state index < -0.39 is 0 Å². The summed E-state index contributed by atoms with van der Waals surface area (Å²) in [6.07, 6.45) is 0. The van der Waals surface area contributed by atoms with Crippen LogP contribution in [-0.4, -0.2) is 22.5 Å². The number of hydrogen-bond acceptors (Lipinski definition) is 4. The maximum absolute atomic E-state index is 10.9. The van der Waals surface area contributed by atoms with Crippen LogP contribution in [0, 0.1) is 0 Å². The van der Waals surface area contributed by atoms with Crippen molar-refractivity contribution in [3.8, 4) is 0 Å². The highest BCUT2D eigenvalue weighted by molar-refractivity contribution is 8.15. The van der Waals surface area contributed by atoms with Gasteiger partial charge in [-0.3, -0.25) is 4.79 Å². The molecule has 17 heavy (non-hydrogen) atoms. The van der Waals surface area contributed by atoms with Gasteiger partial charge in [0, 0.05) is 5.02 Å². The number of amides is 1. The number of hydrogen-bond donors (Lipinski definition) is 1. The van der Waals surface area contributed by atoms with Crippen LogP contribution in [0.25, 0.3) is 0 Å². The Kier molecular flexibility index (Phi) is 3.81. The van der Waals surface area contributed by atoms with Gasteiger partial charge in [0.05, 0.1) is 11.5 Å². The molecule has 2 rings (SSSR count). The second-order valence-electron chi connectivity index (χ2n) is 3.43. The quantitative estimate of drug-likeness (QED) is 0.660. The van der Waals surface area contributed by atoms with Gasteiger partial charge in [-0.25, -0.2) is 0 Å². The molecule has 0 aromatic heterocycles. The molecule has 1 aromatic carbocycles. The van der Waals surface area contributed by atoms with Crippen LogP contribution in [0.1, 0.15) is 12.5 Å². The van der Waals surface area contributed by atoms with Crippen LogP contribution in [0.3, 0.4) is 0 Å². The fourth-order valence-corrected chi connectivity index (χ4v) is 2.00. The van der Waals surface area contributed by atoms with Gasteiger partial charge in [0.1, 0.15) is 0 Å². The molecule has 0 radical (unpaired) electrons. The molecule has 1 aliphatic rings. The molecule has 1 aliphatic heterocycles. The van der Waals surface area contributed by atoms with Crippen molar-refractivity contribution in [2.75, 3.05) is 5.75 Å². The average molecular weight is 268 g/mol. The second-order valence-corrected chi connectivity index (χ2v) is 4.83. The average Bonchev–Trinajstić information content (AvgIpc) is 2.73. The van der Waals surface area contributed by atoms with E-state index in [0.717, 1.165) is 11.3 Å². The van der Waals surface area contributed by atoms with Gasteiger partial charge in [-0.1, -0.05) is 35.5 Å². The van der Waals surface area contributed by atoms with Crippen LogP contribution in [0.2, 0.25) is 5.02 Å². The van der Waals surface area contributed by atoms with Crippen LogP contribution >= 0.6 is 23.4 Å². The highest BCUT2D eigenvalue weighted by Crippen LogP contribution is 2.12. The Morgan fingerprint density at radius 2 is 2.12 bits per heavy atom. The van der Waals surface area contributed by atoms with Crippen LogP contribution in [0.15, 0.2) is 34.5 Å². The zero-order valence-corrected chi connectivity index (χ0v) is 10.7. The van der Waals surface area contributed by atoms with Crippen molar-refractivity contribution in [3.05, 3.63) is 34.9 Å². The largest absolute Gasteiger partial charge is 0.303 e. The smallest absolute Gasteiger partial charge is 0.236 e. The number of carbonyl (C=O) groups excluding carboxylic acids is 1. The number of nitrogens with zero attached hydrogens (tertiary/aromatic N) is 2. The van der Waals surface area contributed by atoms with E-state index in [1.54, 1.807) is 12.1 Å². The lowest BCUT2D eigenvalue weighted by Gasteiger charge is -1.98. The molecular weight excluding hydrogens is 258 g/mol. The number of thioether (sulfide) groups is 1. The summed E-state index contributed by atoms with van der Waals surface area (Å²) in [5.41, 5.74) is 1.73. The van der Waals surface area contributed by atoms with Crippen molar-refractivity contribution >= 4 is 40.1 Å². The van der Waals surface area contributed by atoms with Gasteiger partial charge in [0.2, 0.25) is 5.91 Å². The lowest BCUT2D eigenvalue weighted by Crippen LogP contribution is -2.19. The van der Waals surface area contributed by atoms with Gasteiger partial charge in [-0.15, -0.1) is 5.10 Å². The second kappa shape index (κ2) is 5.33. The minimum Gasteiger partial charge on any atom is -0.303 e. The molecule has 1 heterocycles. The lowest BCUT2D eigenvalue weighted by atomic mass is 10.1. The Labute approximate surface area is 108 Å². The molecule has 0 bridgehead atoms. The van der Waals surface area contributed by atoms with Crippen LogP contribution < -0.4 is 5.32 Å². The molecule has 0 aliphatic carbocycles. The van der Waals surface area contributed by atoms with Gasteiger partial charge in [0.15, 0.2) is 5.17 Å². The summed E-state index contributed by atoms with van der Waals surface area (Å²) in [7, 11) is 0. The summed E-state index contributed by atoms with van der Waals surface area (Å²) in [6, 6.07) is 7.35. The number of carbonyl (C=O) groups is 1. The molecule has 6 heteroatoms. The molecule has 0 saturated carbocycles. The standard InChI is InChI=1S/C11H10ClN3OS/c1-7(8-2-4-9(12)5-3-8)14-15-11-13-10(16)6-17-11/h2-5H,6H2,1H3,(H,13,15,16)/b14-7+. The molecule has 0 atom stereocenters. The number of amidine groups is 1. The van der Waals surface area contributed by atoms with Crippen molar-refractivity contribution in [1.82, 2.24) is 5.32 Å². The lowest BCUT2D eigenvalue weighted by molar-refractivity contribution is -0.116. The Balaban J connectivity index is 2.12. The Hall–Kier alpha value is -1.33. The molecule has 4 nitrogen and oxygen atoms in total. The van der Waals surface area contributed by atoms with E-state index in [-0.39, 0.29) is 5.91 Å². The molecule has 88 valence electrons. The Bertz CT molecular complexity index is 496. The van der Waals surface area contributed by atoms with Crippen molar-refractivity contribution in [2.24, 2.45) is 10.2 Å². The minimum atomic E-state index is -0.0342. The van der Waals surface area contributed by atoms with Crippen LogP contribution in [0.5, 0.6) is 0 Å². The van der Waals surface area contributed by atoms with E-state index in [4.69, 9.17) is 11.6 Å². The summed E-state index contributed by atoms with van der Waals surface area (Å²) in [4.78, 5) is 10.9. The highest BCUT2D eigenvalue weighted by Gasteiger charge is 2.16. The normalized spacial score (nSPS) is 18.6.